The van der Waals surface area contributed by atoms with Gasteiger partial charge in [0.05, 0.1) is 0 Å². The predicted octanol–water partition coefficient (Wildman–Crippen LogP) is 0.786. The minimum atomic E-state index is 0.530. The number of aryl methyl sites for hydroxylation is 1. The first-order valence-corrected chi connectivity index (χ1v) is 3.92. The lowest BCUT2D eigenvalue weighted by Crippen LogP contribution is -2.17. The Kier molecular flexibility index (Phi) is 2.65. The van der Waals surface area contributed by atoms with Crippen LogP contribution in [0.2, 0.25) is 0 Å². The van der Waals surface area contributed by atoms with Crippen LogP contribution >= 0.6 is 0 Å². The second-order valence-corrected chi connectivity index (χ2v) is 2.97. The highest BCUT2D eigenvalue weighted by molar-refractivity contribution is 4.88. The van der Waals surface area contributed by atoms with Crippen LogP contribution in [0.25, 0.3) is 0 Å². The number of hydrogen-bond acceptors (Lipinski definition) is 2. The van der Waals surface area contributed by atoms with E-state index < -0.39 is 0 Å². The summed E-state index contributed by atoms with van der Waals surface area (Å²) in [4.78, 5) is 4.13. The van der Waals surface area contributed by atoms with E-state index in [0.717, 1.165) is 18.9 Å². The zero-order valence-corrected chi connectivity index (χ0v) is 7.12. The Hall–Kier alpha value is -0.830. The smallest absolute Gasteiger partial charge is 0.105 e. The van der Waals surface area contributed by atoms with Crippen molar-refractivity contribution in [2.45, 2.75) is 20.4 Å². The first kappa shape index (κ1) is 8.27. The van der Waals surface area contributed by atoms with Gasteiger partial charge in [-0.05, 0) is 19.4 Å². The van der Waals surface area contributed by atoms with Gasteiger partial charge >= 0.3 is 0 Å². The van der Waals surface area contributed by atoms with Crippen molar-refractivity contribution in [3.63, 3.8) is 0 Å². The van der Waals surface area contributed by atoms with Crippen LogP contribution in [0, 0.1) is 12.8 Å². The monoisotopic (exact) mass is 153 g/mol. The number of imidazole rings is 1. The second-order valence-electron chi connectivity index (χ2n) is 2.97. The van der Waals surface area contributed by atoms with Crippen LogP contribution in [0.15, 0.2) is 12.4 Å². The van der Waals surface area contributed by atoms with Gasteiger partial charge in [0, 0.05) is 18.9 Å². The summed E-state index contributed by atoms with van der Waals surface area (Å²) in [6.07, 6.45) is 3.81. The zero-order chi connectivity index (χ0) is 8.27. The van der Waals surface area contributed by atoms with Crippen molar-refractivity contribution < 1.29 is 0 Å². The normalized spacial score (nSPS) is 13.4. The van der Waals surface area contributed by atoms with Gasteiger partial charge in [-0.3, -0.25) is 0 Å². The van der Waals surface area contributed by atoms with Crippen LogP contribution in [0.5, 0.6) is 0 Å². The maximum Gasteiger partial charge on any atom is 0.105 e. The molecule has 0 saturated heterocycles. The van der Waals surface area contributed by atoms with E-state index in [9.17, 15) is 0 Å². The van der Waals surface area contributed by atoms with Gasteiger partial charge in [-0.25, -0.2) is 4.98 Å². The van der Waals surface area contributed by atoms with Crippen molar-refractivity contribution in [2.75, 3.05) is 6.54 Å². The van der Waals surface area contributed by atoms with Crippen molar-refractivity contribution in [1.82, 2.24) is 9.55 Å². The third-order valence-corrected chi connectivity index (χ3v) is 1.83. The summed E-state index contributed by atoms with van der Waals surface area (Å²) in [5, 5.41) is 0. The molecule has 62 valence electrons. The Bertz CT molecular complexity index is 217. The molecule has 0 bridgehead atoms. The topological polar surface area (TPSA) is 43.8 Å². The van der Waals surface area contributed by atoms with Gasteiger partial charge < -0.3 is 10.3 Å². The van der Waals surface area contributed by atoms with Crippen LogP contribution in [0.4, 0.5) is 0 Å². The van der Waals surface area contributed by atoms with Crippen LogP contribution in [-0.2, 0) is 6.54 Å². The molecule has 11 heavy (non-hydrogen) atoms. The number of aromatic nitrogens is 2. The van der Waals surface area contributed by atoms with Gasteiger partial charge in [0.2, 0.25) is 0 Å². The number of nitrogens with zero attached hydrogens (tertiary/aromatic N) is 2. The Morgan fingerprint density at radius 3 is 2.91 bits per heavy atom. The minimum absolute atomic E-state index is 0.530. The highest BCUT2D eigenvalue weighted by Crippen LogP contribution is 2.01. The van der Waals surface area contributed by atoms with Crippen molar-refractivity contribution in [2.24, 2.45) is 11.7 Å². The molecule has 3 nitrogen and oxygen atoms in total. The third kappa shape index (κ3) is 2.05. The summed E-state index contributed by atoms with van der Waals surface area (Å²) in [6.45, 7) is 5.85. The average molecular weight is 153 g/mol. The molecule has 0 radical (unpaired) electrons. The first-order valence-electron chi connectivity index (χ1n) is 3.92. The molecular formula is C8H15N3. The molecule has 0 unspecified atom stereocenters. The van der Waals surface area contributed by atoms with E-state index in [-0.39, 0.29) is 0 Å². The van der Waals surface area contributed by atoms with E-state index in [2.05, 4.69) is 16.5 Å². The quantitative estimate of drug-likeness (QED) is 0.697. The van der Waals surface area contributed by atoms with Crippen LogP contribution < -0.4 is 5.73 Å². The van der Waals surface area contributed by atoms with Gasteiger partial charge in [0.1, 0.15) is 5.82 Å². The number of hydrogen-bond donors (Lipinski definition) is 1. The molecule has 0 aliphatic carbocycles. The van der Waals surface area contributed by atoms with Crippen molar-refractivity contribution in [1.29, 1.82) is 0 Å². The molecule has 0 saturated carbocycles. The summed E-state index contributed by atoms with van der Waals surface area (Å²) < 4.78 is 2.12. The lowest BCUT2D eigenvalue weighted by molar-refractivity contribution is 0.484. The molecule has 0 amide bonds. The standard InChI is InChI=1S/C8H15N3/c1-7(5-9)6-11-4-3-10-8(11)2/h3-4,7H,5-6,9H2,1-2H3/t7-/m1/s1. The highest BCUT2D eigenvalue weighted by Gasteiger charge is 2.01. The second kappa shape index (κ2) is 3.53. The van der Waals surface area contributed by atoms with E-state index in [0.29, 0.717) is 5.92 Å². The lowest BCUT2D eigenvalue weighted by Gasteiger charge is -2.09. The average Bonchev–Trinajstić information content (AvgIpc) is 2.37. The summed E-state index contributed by atoms with van der Waals surface area (Å²) >= 11 is 0. The van der Waals surface area contributed by atoms with E-state index in [1.54, 1.807) is 0 Å². The van der Waals surface area contributed by atoms with Gasteiger partial charge in [0.25, 0.3) is 0 Å². The zero-order valence-electron chi connectivity index (χ0n) is 7.12. The molecule has 1 heterocycles. The molecule has 0 aliphatic heterocycles. The maximum atomic E-state index is 5.50. The Balaban J connectivity index is 2.56. The molecule has 3 heteroatoms. The highest BCUT2D eigenvalue weighted by atomic mass is 15.1. The molecule has 1 atom stereocenters. The number of nitrogens with two attached hydrogens (primary N) is 1. The fourth-order valence-electron chi connectivity index (χ4n) is 1.01. The van der Waals surface area contributed by atoms with Gasteiger partial charge in [-0.15, -0.1) is 0 Å². The fourth-order valence-corrected chi connectivity index (χ4v) is 1.01. The Labute approximate surface area is 67.2 Å². The van der Waals surface area contributed by atoms with Crippen LogP contribution in [0.1, 0.15) is 12.7 Å². The van der Waals surface area contributed by atoms with Crippen molar-refractivity contribution in [3.05, 3.63) is 18.2 Å². The van der Waals surface area contributed by atoms with Gasteiger partial charge in [-0.2, -0.15) is 0 Å². The van der Waals surface area contributed by atoms with Gasteiger partial charge in [0.15, 0.2) is 0 Å². The lowest BCUT2D eigenvalue weighted by atomic mass is 10.2. The summed E-state index contributed by atoms with van der Waals surface area (Å²) in [6, 6.07) is 0. The van der Waals surface area contributed by atoms with E-state index in [1.165, 1.54) is 0 Å². The van der Waals surface area contributed by atoms with E-state index >= 15 is 0 Å². The summed E-state index contributed by atoms with van der Waals surface area (Å²) in [5.74, 6) is 1.59. The Morgan fingerprint density at radius 2 is 2.45 bits per heavy atom. The van der Waals surface area contributed by atoms with E-state index in [4.69, 9.17) is 5.73 Å². The molecule has 0 aromatic carbocycles. The SMILES string of the molecule is Cc1nccn1C[C@H](C)CN. The molecule has 1 rings (SSSR count). The van der Waals surface area contributed by atoms with E-state index in [1.807, 2.05) is 19.3 Å². The maximum absolute atomic E-state index is 5.50. The molecule has 1 aromatic heterocycles. The molecule has 1 aromatic rings. The molecular weight excluding hydrogens is 138 g/mol. The molecule has 0 aliphatic rings. The Morgan fingerprint density at radius 1 is 1.73 bits per heavy atom. The van der Waals surface area contributed by atoms with Crippen LogP contribution in [0.3, 0.4) is 0 Å². The first-order chi connectivity index (χ1) is 5.24. The van der Waals surface area contributed by atoms with Gasteiger partial charge in [-0.1, -0.05) is 6.92 Å². The molecule has 2 N–H and O–H groups in total. The van der Waals surface area contributed by atoms with Crippen molar-refractivity contribution >= 4 is 0 Å². The molecule has 0 fully saturated rings. The predicted molar refractivity (Wildman–Crippen MR) is 45.2 cm³/mol. The third-order valence-electron chi connectivity index (χ3n) is 1.83. The number of rotatable bonds is 3. The fraction of sp³-hybridized carbons (Fsp3) is 0.625. The summed E-state index contributed by atoms with van der Waals surface area (Å²) in [7, 11) is 0. The molecule has 0 spiro atoms. The summed E-state index contributed by atoms with van der Waals surface area (Å²) in [5.41, 5.74) is 5.50. The largest absolute Gasteiger partial charge is 0.335 e. The van der Waals surface area contributed by atoms with Crippen LogP contribution in [-0.4, -0.2) is 16.1 Å². The minimum Gasteiger partial charge on any atom is -0.335 e. The van der Waals surface area contributed by atoms with Crippen molar-refractivity contribution in [3.8, 4) is 0 Å².